The lowest BCUT2D eigenvalue weighted by Crippen LogP contribution is -2.41. The third kappa shape index (κ3) is 4.36. The van der Waals surface area contributed by atoms with Gasteiger partial charge in [0.25, 0.3) is 11.8 Å². The normalized spacial score (nSPS) is 15.3. The van der Waals surface area contributed by atoms with Crippen LogP contribution >= 0.6 is 0 Å². The van der Waals surface area contributed by atoms with E-state index < -0.39 is 0 Å². The molecule has 2 aliphatic heterocycles. The molecular formula is C32H28N4O4. The fraction of sp³-hybridized carbons (Fsp3) is 0.219. The molecule has 3 heterocycles. The number of nitrogens with one attached hydrogen (secondary N) is 1. The Morgan fingerprint density at radius 1 is 0.875 bits per heavy atom. The van der Waals surface area contributed by atoms with Gasteiger partial charge in [-0.15, -0.1) is 0 Å². The van der Waals surface area contributed by atoms with Gasteiger partial charge in [0.05, 0.1) is 30.9 Å². The minimum Gasteiger partial charge on any atom is -0.494 e. The SMILES string of the molecule is O=C1c2cccc3cccc(c23)C(=O)N1CCCOc1ccc(-c2nc3ccc(N4CCOCC4)cc3[nH]2)cc1. The molecule has 1 aromatic heterocycles. The lowest BCUT2D eigenvalue weighted by molar-refractivity contribution is 0.0603. The Kier molecular flexibility index (Phi) is 6.17. The third-order valence-electron chi connectivity index (χ3n) is 7.62. The summed E-state index contributed by atoms with van der Waals surface area (Å²) in [6.45, 7) is 3.97. The number of nitrogens with zero attached hydrogens (tertiary/aromatic N) is 3. The molecule has 8 heteroatoms. The summed E-state index contributed by atoms with van der Waals surface area (Å²) in [6, 6.07) is 25.2. The number of aromatic amines is 1. The highest BCUT2D eigenvalue weighted by molar-refractivity contribution is 6.25. The fourth-order valence-electron chi connectivity index (χ4n) is 5.56. The first-order valence-corrected chi connectivity index (χ1v) is 13.6. The van der Waals surface area contributed by atoms with E-state index in [1.54, 1.807) is 12.1 Å². The van der Waals surface area contributed by atoms with E-state index >= 15 is 0 Å². The van der Waals surface area contributed by atoms with Gasteiger partial charge >= 0.3 is 0 Å². The van der Waals surface area contributed by atoms with Crippen molar-refractivity contribution in [2.45, 2.75) is 6.42 Å². The van der Waals surface area contributed by atoms with E-state index in [0.717, 1.165) is 65.2 Å². The minimum atomic E-state index is -0.249. The molecule has 1 saturated heterocycles. The molecule has 5 aromatic rings. The summed E-state index contributed by atoms with van der Waals surface area (Å²) >= 11 is 0. The summed E-state index contributed by atoms with van der Waals surface area (Å²) in [6.07, 6.45) is 0.534. The Hall–Kier alpha value is -4.69. The number of hydrogen-bond donors (Lipinski definition) is 1. The van der Waals surface area contributed by atoms with Crippen molar-refractivity contribution in [2.24, 2.45) is 0 Å². The topological polar surface area (TPSA) is 87.8 Å². The minimum absolute atomic E-state index is 0.249. The van der Waals surface area contributed by atoms with Crippen LogP contribution in [0.15, 0.2) is 78.9 Å². The maximum absolute atomic E-state index is 13.1. The Labute approximate surface area is 231 Å². The van der Waals surface area contributed by atoms with E-state index in [4.69, 9.17) is 14.5 Å². The smallest absolute Gasteiger partial charge is 0.261 e. The number of amides is 2. The van der Waals surface area contributed by atoms with Crippen molar-refractivity contribution >= 4 is 39.3 Å². The van der Waals surface area contributed by atoms with Crippen molar-refractivity contribution in [1.82, 2.24) is 14.9 Å². The molecule has 0 unspecified atom stereocenters. The first kappa shape index (κ1) is 24.4. The van der Waals surface area contributed by atoms with Crippen LogP contribution in [0, 0.1) is 0 Å². The highest BCUT2D eigenvalue weighted by atomic mass is 16.5. The number of carbonyl (C=O) groups is 2. The van der Waals surface area contributed by atoms with Crippen molar-refractivity contribution in [2.75, 3.05) is 44.4 Å². The number of anilines is 1. The second-order valence-electron chi connectivity index (χ2n) is 10.1. The quantitative estimate of drug-likeness (QED) is 0.227. The molecule has 0 bridgehead atoms. The van der Waals surface area contributed by atoms with Crippen LogP contribution in [0.25, 0.3) is 33.2 Å². The zero-order valence-corrected chi connectivity index (χ0v) is 21.9. The van der Waals surface area contributed by atoms with Crippen molar-refractivity contribution in [3.05, 3.63) is 90.0 Å². The average Bonchev–Trinajstić information content (AvgIpc) is 3.44. The average molecular weight is 533 g/mol. The zero-order chi connectivity index (χ0) is 27.1. The van der Waals surface area contributed by atoms with Crippen LogP contribution in [0.4, 0.5) is 5.69 Å². The van der Waals surface area contributed by atoms with Crippen LogP contribution in [-0.2, 0) is 4.74 Å². The molecule has 40 heavy (non-hydrogen) atoms. The van der Waals surface area contributed by atoms with Gasteiger partial charge in [0, 0.05) is 47.4 Å². The summed E-state index contributed by atoms with van der Waals surface area (Å²) in [7, 11) is 0. The molecule has 8 nitrogen and oxygen atoms in total. The van der Waals surface area contributed by atoms with Gasteiger partial charge in [-0.05, 0) is 66.4 Å². The number of hydrogen-bond acceptors (Lipinski definition) is 6. The number of rotatable bonds is 7. The van der Waals surface area contributed by atoms with Crippen molar-refractivity contribution < 1.29 is 19.1 Å². The van der Waals surface area contributed by atoms with Gasteiger partial charge in [-0.3, -0.25) is 14.5 Å². The van der Waals surface area contributed by atoms with Gasteiger partial charge in [0.1, 0.15) is 11.6 Å². The van der Waals surface area contributed by atoms with E-state index in [-0.39, 0.29) is 11.8 Å². The van der Waals surface area contributed by atoms with E-state index in [0.29, 0.717) is 30.7 Å². The first-order chi connectivity index (χ1) is 19.7. The van der Waals surface area contributed by atoms with Gasteiger partial charge in [-0.2, -0.15) is 0 Å². The molecule has 4 aromatic carbocycles. The highest BCUT2D eigenvalue weighted by Crippen LogP contribution is 2.30. The van der Waals surface area contributed by atoms with Gasteiger partial charge < -0.3 is 19.4 Å². The number of benzene rings is 4. The number of H-pyrrole nitrogens is 1. The molecule has 200 valence electrons. The van der Waals surface area contributed by atoms with Gasteiger partial charge in [-0.1, -0.05) is 24.3 Å². The van der Waals surface area contributed by atoms with Crippen molar-refractivity contribution in [3.8, 4) is 17.1 Å². The number of carbonyl (C=O) groups excluding carboxylic acids is 2. The molecule has 1 fully saturated rings. The molecule has 1 N–H and O–H groups in total. The van der Waals surface area contributed by atoms with Crippen LogP contribution in [-0.4, -0.2) is 66.1 Å². The number of fused-ring (bicyclic) bond motifs is 1. The Morgan fingerprint density at radius 2 is 1.60 bits per heavy atom. The van der Waals surface area contributed by atoms with E-state index in [2.05, 4.69) is 28.1 Å². The van der Waals surface area contributed by atoms with Crippen LogP contribution in [0.5, 0.6) is 5.75 Å². The third-order valence-corrected chi connectivity index (χ3v) is 7.62. The largest absolute Gasteiger partial charge is 0.494 e. The first-order valence-electron chi connectivity index (χ1n) is 13.6. The second-order valence-corrected chi connectivity index (χ2v) is 10.1. The van der Waals surface area contributed by atoms with Gasteiger partial charge in [0.15, 0.2) is 0 Å². The zero-order valence-electron chi connectivity index (χ0n) is 21.9. The predicted molar refractivity (Wildman–Crippen MR) is 154 cm³/mol. The van der Waals surface area contributed by atoms with Crippen molar-refractivity contribution in [3.63, 3.8) is 0 Å². The van der Waals surface area contributed by atoms with E-state index in [1.165, 1.54) is 10.6 Å². The molecule has 0 radical (unpaired) electrons. The van der Waals surface area contributed by atoms with Crippen LogP contribution in [0.1, 0.15) is 27.1 Å². The summed E-state index contributed by atoms with van der Waals surface area (Å²) < 4.78 is 11.4. The molecule has 0 spiro atoms. The lowest BCUT2D eigenvalue weighted by Gasteiger charge is -2.28. The Balaban J connectivity index is 0.977. The van der Waals surface area contributed by atoms with Crippen LogP contribution in [0.2, 0.25) is 0 Å². The standard InChI is InChI=1S/C32H28N4O4/c37-31-25-6-1-4-21-5-2-7-26(29(21)25)32(38)36(31)14-3-17-40-24-11-8-22(9-12-24)30-33-27-13-10-23(20-28(27)34-30)35-15-18-39-19-16-35/h1-2,4-13,20H,3,14-19H2,(H,33,34). The van der Waals surface area contributed by atoms with Gasteiger partial charge in [-0.25, -0.2) is 4.98 Å². The Bertz CT molecular complexity index is 1690. The number of aromatic nitrogens is 2. The number of ether oxygens (including phenoxy) is 2. The van der Waals surface area contributed by atoms with E-state index in [1.807, 2.05) is 48.5 Å². The number of imidazole rings is 1. The molecule has 2 amide bonds. The maximum atomic E-state index is 13.1. The monoisotopic (exact) mass is 532 g/mol. The molecule has 0 atom stereocenters. The molecule has 0 saturated carbocycles. The van der Waals surface area contributed by atoms with Crippen LogP contribution < -0.4 is 9.64 Å². The number of imide groups is 1. The summed E-state index contributed by atoms with van der Waals surface area (Å²) in [5.74, 6) is 1.03. The van der Waals surface area contributed by atoms with Crippen LogP contribution in [0.3, 0.4) is 0 Å². The molecule has 7 rings (SSSR count). The summed E-state index contributed by atoms with van der Waals surface area (Å²) in [4.78, 5) is 38.0. The summed E-state index contributed by atoms with van der Waals surface area (Å²) in [5.41, 5.74) is 5.21. The highest BCUT2D eigenvalue weighted by Gasteiger charge is 2.32. The number of morpholine rings is 1. The van der Waals surface area contributed by atoms with E-state index in [9.17, 15) is 9.59 Å². The van der Waals surface area contributed by atoms with Crippen molar-refractivity contribution in [1.29, 1.82) is 0 Å². The maximum Gasteiger partial charge on any atom is 0.261 e. The fourth-order valence-corrected chi connectivity index (χ4v) is 5.56. The summed E-state index contributed by atoms with van der Waals surface area (Å²) in [5, 5.41) is 1.65. The van der Waals surface area contributed by atoms with Gasteiger partial charge in [0.2, 0.25) is 0 Å². The molecule has 0 aliphatic carbocycles. The lowest BCUT2D eigenvalue weighted by atomic mass is 9.94. The second kappa shape index (κ2) is 10.1. The molecule has 2 aliphatic rings. The Morgan fingerprint density at radius 3 is 2.33 bits per heavy atom. The molecular weight excluding hydrogens is 504 g/mol. The predicted octanol–water partition coefficient (Wildman–Crippen LogP) is 5.28.